The zero-order valence-electron chi connectivity index (χ0n) is 13.1. The number of nitrogens with one attached hydrogen (secondary N) is 2. The number of carbonyl (C=O) groups excluding carboxylic acids is 2. The van der Waals surface area contributed by atoms with Crippen LogP contribution in [0.15, 0.2) is 24.3 Å². The van der Waals surface area contributed by atoms with Gasteiger partial charge in [-0.2, -0.15) is 0 Å². The zero-order valence-corrected chi connectivity index (χ0v) is 14.7. The average molecular weight is 363 g/mol. The summed E-state index contributed by atoms with van der Waals surface area (Å²) in [5, 5.41) is 5.25. The maximum atomic E-state index is 11.6. The molecule has 1 aromatic rings. The fraction of sp³-hybridized carbons (Fsp3) is 0.467. The monoisotopic (exact) mass is 362 g/mol. The molecule has 1 aromatic carbocycles. The Kier molecular flexibility index (Phi) is 9.64. The molecule has 8 heteroatoms. The van der Waals surface area contributed by atoms with Crippen LogP contribution in [0.5, 0.6) is 0 Å². The summed E-state index contributed by atoms with van der Waals surface area (Å²) in [6.07, 6.45) is 1.04. The van der Waals surface area contributed by atoms with Crippen LogP contribution < -0.4 is 21.3 Å². The molecule has 6 nitrogen and oxygen atoms in total. The van der Waals surface area contributed by atoms with Gasteiger partial charge in [0.1, 0.15) is 0 Å². The summed E-state index contributed by atoms with van der Waals surface area (Å²) >= 11 is 0. The normalized spacial score (nSPS) is 15.0. The van der Waals surface area contributed by atoms with Gasteiger partial charge in [-0.25, -0.2) is 0 Å². The molecule has 1 unspecified atom stereocenters. The standard InChI is InChI=1S/C15H22N4O2.2ClH/c1-11-8-12-4-2-3-5-13(12)19(11)7-6-17-15(21)10-18-14(20)9-16;;/h2-5,11H,6-10,16H2,1H3,(H,17,21)(H,18,20);2*1H. The lowest BCUT2D eigenvalue weighted by Gasteiger charge is -2.25. The molecular formula is C15H24Cl2N4O2. The maximum absolute atomic E-state index is 11.6. The highest BCUT2D eigenvalue weighted by molar-refractivity contribution is 5.86. The number of nitrogens with zero attached hydrogens (tertiary/aromatic N) is 1. The topological polar surface area (TPSA) is 87.5 Å². The number of hydrogen-bond acceptors (Lipinski definition) is 4. The van der Waals surface area contributed by atoms with Crippen molar-refractivity contribution in [2.75, 3.05) is 31.1 Å². The molecule has 0 saturated heterocycles. The summed E-state index contributed by atoms with van der Waals surface area (Å²) in [7, 11) is 0. The lowest BCUT2D eigenvalue weighted by Crippen LogP contribution is -2.42. The van der Waals surface area contributed by atoms with Gasteiger partial charge < -0.3 is 21.3 Å². The van der Waals surface area contributed by atoms with Crippen molar-refractivity contribution in [3.63, 3.8) is 0 Å². The van der Waals surface area contributed by atoms with Crippen molar-refractivity contribution in [3.8, 4) is 0 Å². The Labute approximate surface area is 149 Å². The van der Waals surface area contributed by atoms with Gasteiger partial charge in [0.05, 0.1) is 13.1 Å². The second-order valence-electron chi connectivity index (χ2n) is 5.21. The third kappa shape index (κ3) is 5.89. The third-order valence-corrected chi connectivity index (χ3v) is 3.65. The van der Waals surface area contributed by atoms with Crippen molar-refractivity contribution < 1.29 is 9.59 Å². The highest BCUT2D eigenvalue weighted by atomic mass is 35.5. The van der Waals surface area contributed by atoms with E-state index in [9.17, 15) is 9.59 Å². The van der Waals surface area contributed by atoms with Crippen LogP contribution in [0.2, 0.25) is 0 Å². The fourth-order valence-corrected chi connectivity index (χ4v) is 2.60. The summed E-state index contributed by atoms with van der Waals surface area (Å²) in [5.74, 6) is -0.524. The van der Waals surface area contributed by atoms with Gasteiger partial charge in [-0.15, -0.1) is 24.8 Å². The number of para-hydroxylation sites is 1. The molecule has 130 valence electrons. The van der Waals surface area contributed by atoms with E-state index in [1.807, 2.05) is 6.07 Å². The number of amides is 2. The maximum Gasteiger partial charge on any atom is 0.239 e. The Morgan fingerprint density at radius 2 is 1.91 bits per heavy atom. The quantitative estimate of drug-likeness (QED) is 0.686. The first-order valence-electron chi connectivity index (χ1n) is 7.20. The van der Waals surface area contributed by atoms with Gasteiger partial charge in [0.25, 0.3) is 0 Å². The van der Waals surface area contributed by atoms with Crippen molar-refractivity contribution >= 4 is 42.3 Å². The molecule has 0 aromatic heterocycles. The molecule has 2 amide bonds. The fourth-order valence-electron chi connectivity index (χ4n) is 2.60. The minimum absolute atomic E-state index is 0. The van der Waals surface area contributed by atoms with E-state index in [1.165, 1.54) is 11.3 Å². The van der Waals surface area contributed by atoms with Gasteiger partial charge in [-0.3, -0.25) is 9.59 Å². The lowest BCUT2D eigenvalue weighted by molar-refractivity contribution is -0.125. The predicted octanol–water partition coefficient (Wildman–Crippen LogP) is 0.472. The molecule has 0 saturated carbocycles. The van der Waals surface area contributed by atoms with Gasteiger partial charge in [0.2, 0.25) is 11.8 Å². The number of halogens is 2. The smallest absolute Gasteiger partial charge is 0.239 e. The number of anilines is 1. The summed E-state index contributed by atoms with van der Waals surface area (Å²) < 4.78 is 0. The Morgan fingerprint density at radius 3 is 2.61 bits per heavy atom. The van der Waals surface area contributed by atoms with Gasteiger partial charge in [-0.05, 0) is 25.0 Å². The number of fused-ring (bicyclic) bond motifs is 1. The number of hydrogen-bond donors (Lipinski definition) is 3. The first-order chi connectivity index (χ1) is 10.1. The van der Waals surface area contributed by atoms with Crippen LogP contribution in [0.3, 0.4) is 0 Å². The Morgan fingerprint density at radius 1 is 1.22 bits per heavy atom. The molecule has 0 aliphatic carbocycles. The predicted molar refractivity (Wildman–Crippen MR) is 96.5 cm³/mol. The number of benzene rings is 1. The van der Waals surface area contributed by atoms with Crippen LogP contribution in [0, 0.1) is 0 Å². The van der Waals surface area contributed by atoms with E-state index < -0.39 is 0 Å². The Balaban J connectivity index is 0.00000242. The molecular weight excluding hydrogens is 339 g/mol. The van der Waals surface area contributed by atoms with Crippen molar-refractivity contribution in [1.29, 1.82) is 0 Å². The van der Waals surface area contributed by atoms with E-state index in [1.54, 1.807) is 0 Å². The highest BCUT2D eigenvalue weighted by Crippen LogP contribution is 2.30. The minimum Gasteiger partial charge on any atom is -0.367 e. The molecule has 1 aliphatic rings. The van der Waals surface area contributed by atoms with E-state index in [4.69, 9.17) is 5.73 Å². The third-order valence-electron chi connectivity index (χ3n) is 3.65. The van der Waals surface area contributed by atoms with Gasteiger partial charge in [0, 0.05) is 24.8 Å². The SMILES string of the molecule is CC1Cc2ccccc2N1CCNC(=O)CNC(=O)CN.Cl.Cl. The van der Waals surface area contributed by atoms with Gasteiger partial charge >= 0.3 is 0 Å². The molecule has 23 heavy (non-hydrogen) atoms. The van der Waals surface area contributed by atoms with Crippen LogP contribution in [0.25, 0.3) is 0 Å². The second kappa shape index (κ2) is 10.3. The molecule has 0 bridgehead atoms. The van der Waals surface area contributed by atoms with Gasteiger partial charge in [0.15, 0.2) is 0 Å². The van der Waals surface area contributed by atoms with E-state index in [0.717, 1.165) is 13.0 Å². The molecule has 0 fully saturated rings. The molecule has 2 rings (SSSR count). The van der Waals surface area contributed by atoms with E-state index >= 15 is 0 Å². The van der Waals surface area contributed by atoms with E-state index in [-0.39, 0.29) is 49.7 Å². The lowest BCUT2D eigenvalue weighted by atomic mass is 10.1. The van der Waals surface area contributed by atoms with Crippen LogP contribution in [0.4, 0.5) is 5.69 Å². The second-order valence-corrected chi connectivity index (χ2v) is 5.21. The summed E-state index contributed by atoms with van der Waals surface area (Å²) in [5.41, 5.74) is 7.75. The first kappa shape index (κ1) is 21.5. The van der Waals surface area contributed by atoms with E-state index in [0.29, 0.717) is 12.6 Å². The van der Waals surface area contributed by atoms with Crippen LogP contribution in [-0.4, -0.2) is 44.0 Å². The van der Waals surface area contributed by atoms with Crippen molar-refractivity contribution in [3.05, 3.63) is 29.8 Å². The minimum atomic E-state index is -0.327. The van der Waals surface area contributed by atoms with E-state index in [2.05, 4.69) is 40.7 Å². The van der Waals surface area contributed by atoms with Crippen LogP contribution in [0.1, 0.15) is 12.5 Å². The average Bonchev–Trinajstić information content (AvgIpc) is 2.81. The molecule has 1 aliphatic heterocycles. The summed E-state index contributed by atoms with van der Waals surface area (Å²) in [6, 6.07) is 8.78. The largest absolute Gasteiger partial charge is 0.367 e. The number of carbonyl (C=O) groups is 2. The Hall–Kier alpha value is -1.50. The summed E-state index contributed by atoms with van der Waals surface area (Å²) in [4.78, 5) is 24.8. The number of nitrogens with two attached hydrogens (primary N) is 1. The molecule has 4 N–H and O–H groups in total. The van der Waals surface area contributed by atoms with Crippen LogP contribution in [-0.2, 0) is 16.0 Å². The number of rotatable bonds is 6. The van der Waals surface area contributed by atoms with Crippen molar-refractivity contribution in [1.82, 2.24) is 10.6 Å². The molecule has 0 radical (unpaired) electrons. The van der Waals surface area contributed by atoms with Crippen molar-refractivity contribution in [2.45, 2.75) is 19.4 Å². The molecule has 0 spiro atoms. The molecule has 1 heterocycles. The first-order valence-corrected chi connectivity index (χ1v) is 7.20. The Bertz CT molecular complexity index is 528. The molecule has 1 atom stereocenters. The van der Waals surface area contributed by atoms with Gasteiger partial charge in [-0.1, -0.05) is 18.2 Å². The zero-order chi connectivity index (χ0) is 15.2. The highest BCUT2D eigenvalue weighted by Gasteiger charge is 2.24. The van der Waals surface area contributed by atoms with Crippen molar-refractivity contribution in [2.24, 2.45) is 5.73 Å². The van der Waals surface area contributed by atoms with Crippen LogP contribution >= 0.6 is 24.8 Å². The summed E-state index contributed by atoms with van der Waals surface area (Å²) in [6.45, 7) is 3.37.